The fraction of sp³-hybridized carbons (Fsp3) is 0.500. The molecule has 0 amide bonds. The van der Waals surface area contributed by atoms with Crippen molar-refractivity contribution in [2.45, 2.75) is 6.18 Å². The highest BCUT2D eigenvalue weighted by atomic mass is 19.4. The molecule has 21 heavy (non-hydrogen) atoms. The first kappa shape index (κ1) is 15.8. The fourth-order valence-corrected chi connectivity index (χ4v) is 2.08. The molecule has 0 unspecified atom stereocenters. The molecule has 1 heterocycles. The number of hydrogen-bond acceptors (Lipinski definition) is 4. The van der Waals surface area contributed by atoms with E-state index in [4.69, 9.17) is 9.47 Å². The van der Waals surface area contributed by atoms with E-state index in [2.05, 4.69) is 4.90 Å². The average molecular weight is 303 g/mol. The number of carbonyl (C=O) groups is 1. The Morgan fingerprint density at radius 3 is 2.62 bits per heavy atom. The molecule has 1 aliphatic rings. The second-order valence-corrected chi connectivity index (χ2v) is 4.67. The minimum Gasteiger partial charge on any atom is -0.492 e. The van der Waals surface area contributed by atoms with Crippen molar-refractivity contribution in [1.82, 2.24) is 4.90 Å². The largest absolute Gasteiger partial charge is 0.492 e. The second kappa shape index (κ2) is 6.91. The molecule has 1 aromatic carbocycles. The standard InChI is InChI=1S/C14H16F3NO3/c15-14(16,17)12-9-11(10-19)1-2-13(12)21-8-5-18-3-6-20-7-4-18/h1-2,9-10H,3-8H2. The zero-order valence-electron chi connectivity index (χ0n) is 11.4. The van der Waals surface area contributed by atoms with E-state index in [1.165, 1.54) is 12.1 Å². The van der Waals surface area contributed by atoms with Crippen LogP contribution >= 0.6 is 0 Å². The van der Waals surface area contributed by atoms with Crippen LogP contribution in [0.4, 0.5) is 13.2 Å². The Kier molecular flexibility index (Phi) is 5.19. The number of hydrogen-bond donors (Lipinski definition) is 0. The first-order valence-electron chi connectivity index (χ1n) is 6.60. The van der Waals surface area contributed by atoms with Crippen LogP contribution in [0.5, 0.6) is 5.75 Å². The van der Waals surface area contributed by atoms with Gasteiger partial charge in [-0.2, -0.15) is 13.2 Å². The highest BCUT2D eigenvalue weighted by Gasteiger charge is 2.34. The van der Waals surface area contributed by atoms with E-state index < -0.39 is 11.7 Å². The maximum atomic E-state index is 12.9. The number of ether oxygens (including phenoxy) is 2. The van der Waals surface area contributed by atoms with E-state index in [0.717, 1.165) is 19.2 Å². The Labute approximate surface area is 120 Å². The Morgan fingerprint density at radius 2 is 2.00 bits per heavy atom. The van der Waals surface area contributed by atoms with Crippen molar-refractivity contribution >= 4 is 6.29 Å². The summed E-state index contributed by atoms with van der Waals surface area (Å²) in [6, 6.07) is 3.30. The van der Waals surface area contributed by atoms with Crippen LogP contribution in [0.1, 0.15) is 15.9 Å². The third kappa shape index (κ3) is 4.44. The van der Waals surface area contributed by atoms with Crippen molar-refractivity contribution < 1.29 is 27.4 Å². The molecule has 0 bridgehead atoms. The lowest BCUT2D eigenvalue weighted by molar-refractivity contribution is -0.139. The van der Waals surface area contributed by atoms with Gasteiger partial charge >= 0.3 is 6.18 Å². The number of alkyl halides is 3. The number of carbonyl (C=O) groups excluding carboxylic acids is 1. The van der Waals surface area contributed by atoms with Crippen LogP contribution in [0.15, 0.2) is 18.2 Å². The minimum absolute atomic E-state index is 0.0251. The van der Waals surface area contributed by atoms with Crippen molar-refractivity contribution in [1.29, 1.82) is 0 Å². The summed E-state index contributed by atoms with van der Waals surface area (Å²) in [6.45, 7) is 3.45. The summed E-state index contributed by atoms with van der Waals surface area (Å²) in [4.78, 5) is 12.7. The summed E-state index contributed by atoms with van der Waals surface area (Å²) < 4.78 is 49.2. The molecular formula is C14H16F3NO3. The van der Waals surface area contributed by atoms with Gasteiger partial charge in [0.15, 0.2) is 0 Å². The average Bonchev–Trinajstić information content (AvgIpc) is 2.47. The van der Waals surface area contributed by atoms with E-state index >= 15 is 0 Å². The highest BCUT2D eigenvalue weighted by Crippen LogP contribution is 2.36. The molecule has 0 atom stereocenters. The van der Waals surface area contributed by atoms with E-state index in [0.29, 0.717) is 26.0 Å². The van der Waals surface area contributed by atoms with Crippen LogP contribution in [0, 0.1) is 0 Å². The quantitative estimate of drug-likeness (QED) is 0.782. The topological polar surface area (TPSA) is 38.8 Å². The van der Waals surface area contributed by atoms with E-state index in [9.17, 15) is 18.0 Å². The lowest BCUT2D eigenvalue weighted by Crippen LogP contribution is -2.38. The van der Waals surface area contributed by atoms with Gasteiger partial charge in [-0.25, -0.2) is 0 Å². The molecule has 0 spiro atoms. The SMILES string of the molecule is O=Cc1ccc(OCCN2CCOCC2)c(C(F)(F)F)c1. The summed E-state index contributed by atoms with van der Waals surface area (Å²) in [5, 5.41) is 0. The number of morpholine rings is 1. The molecule has 2 rings (SSSR count). The zero-order chi connectivity index (χ0) is 15.3. The van der Waals surface area contributed by atoms with E-state index in [1.807, 2.05) is 0 Å². The smallest absolute Gasteiger partial charge is 0.419 e. The van der Waals surface area contributed by atoms with Gasteiger partial charge in [0.25, 0.3) is 0 Å². The first-order valence-corrected chi connectivity index (χ1v) is 6.60. The zero-order valence-corrected chi connectivity index (χ0v) is 11.4. The molecule has 0 aromatic heterocycles. The third-order valence-corrected chi connectivity index (χ3v) is 3.21. The predicted octanol–water partition coefficient (Wildman–Crippen LogP) is 2.23. The fourth-order valence-electron chi connectivity index (χ4n) is 2.08. The van der Waals surface area contributed by atoms with Crippen LogP contribution in [0.25, 0.3) is 0 Å². The van der Waals surface area contributed by atoms with Crippen LogP contribution < -0.4 is 4.74 Å². The van der Waals surface area contributed by atoms with Crippen LogP contribution in [-0.4, -0.2) is 50.6 Å². The molecular weight excluding hydrogens is 287 g/mol. The van der Waals surface area contributed by atoms with Crippen molar-refractivity contribution in [3.05, 3.63) is 29.3 Å². The maximum Gasteiger partial charge on any atom is 0.419 e. The van der Waals surface area contributed by atoms with Crippen molar-refractivity contribution in [2.24, 2.45) is 0 Å². The number of halogens is 3. The van der Waals surface area contributed by atoms with E-state index in [1.54, 1.807) is 0 Å². The molecule has 0 aliphatic carbocycles. The second-order valence-electron chi connectivity index (χ2n) is 4.67. The Hall–Kier alpha value is -1.60. The molecule has 116 valence electrons. The maximum absolute atomic E-state index is 12.9. The first-order chi connectivity index (χ1) is 10.0. The lowest BCUT2D eigenvalue weighted by Gasteiger charge is -2.26. The van der Waals surface area contributed by atoms with Gasteiger partial charge < -0.3 is 9.47 Å². The third-order valence-electron chi connectivity index (χ3n) is 3.21. The Bertz CT molecular complexity index is 485. The number of nitrogens with zero attached hydrogens (tertiary/aromatic N) is 1. The molecule has 1 aliphatic heterocycles. The Morgan fingerprint density at radius 1 is 1.29 bits per heavy atom. The summed E-state index contributed by atoms with van der Waals surface area (Å²) in [7, 11) is 0. The normalized spacial score (nSPS) is 16.7. The van der Waals surface area contributed by atoms with Gasteiger partial charge in [-0.15, -0.1) is 0 Å². The van der Waals surface area contributed by atoms with Crippen molar-refractivity contribution in [3.63, 3.8) is 0 Å². The molecule has 7 heteroatoms. The van der Waals surface area contributed by atoms with Gasteiger partial charge in [0, 0.05) is 25.2 Å². The molecule has 1 saturated heterocycles. The van der Waals surface area contributed by atoms with Crippen LogP contribution in [-0.2, 0) is 10.9 Å². The molecule has 1 fully saturated rings. The summed E-state index contributed by atoms with van der Waals surface area (Å²) in [5.74, 6) is -0.249. The van der Waals surface area contributed by atoms with E-state index in [-0.39, 0.29) is 17.9 Å². The number of aldehydes is 1. The summed E-state index contributed by atoms with van der Waals surface area (Å²) in [5.41, 5.74) is -0.947. The highest BCUT2D eigenvalue weighted by molar-refractivity contribution is 5.75. The van der Waals surface area contributed by atoms with Gasteiger partial charge in [-0.05, 0) is 18.2 Å². The van der Waals surface area contributed by atoms with Gasteiger partial charge in [-0.1, -0.05) is 0 Å². The van der Waals surface area contributed by atoms with Crippen LogP contribution in [0.3, 0.4) is 0 Å². The number of rotatable bonds is 5. The molecule has 0 saturated carbocycles. The number of benzene rings is 1. The molecule has 1 aromatic rings. The summed E-state index contributed by atoms with van der Waals surface area (Å²) in [6.07, 6.45) is -4.17. The van der Waals surface area contributed by atoms with Crippen molar-refractivity contribution in [3.8, 4) is 5.75 Å². The summed E-state index contributed by atoms with van der Waals surface area (Å²) >= 11 is 0. The molecule has 0 N–H and O–H groups in total. The predicted molar refractivity (Wildman–Crippen MR) is 69.6 cm³/mol. The van der Waals surface area contributed by atoms with Crippen LogP contribution in [0.2, 0.25) is 0 Å². The Balaban J connectivity index is 1.99. The minimum atomic E-state index is -4.55. The van der Waals surface area contributed by atoms with Gasteiger partial charge in [-0.3, -0.25) is 9.69 Å². The van der Waals surface area contributed by atoms with Gasteiger partial charge in [0.1, 0.15) is 18.6 Å². The lowest BCUT2D eigenvalue weighted by atomic mass is 10.1. The molecule has 0 radical (unpaired) electrons. The van der Waals surface area contributed by atoms with Gasteiger partial charge in [0.05, 0.1) is 18.8 Å². The van der Waals surface area contributed by atoms with Crippen molar-refractivity contribution in [2.75, 3.05) is 39.5 Å². The monoisotopic (exact) mass is 303 g/mol. The van der Waals surface area contributed by atoms with Gasteiger partial charge in [0.2, 0.25) is 0 Å². The molecule has 4 nitrogen and oxygen atoms in total.